The van der Waals surface area contributed by atoms with Gasteiger partial charge in [0.2, 0.25) is 0 Å². The minimum atomic E-state index is -1.15. The van der Waals surface area contributed by atoms with Crippen LogP contribution in [0.2, 0.25) is 0 Å². The van der Waals surface area contributed by atoms with Gasteiger partial charge in [-0.3, -0.25) is 9.48 Å². The number of carbonyl (C=O) groups excluding carboxylic acids is 1. The molecule has 1 amide bonds. The van der Waals surface area contributed by atoms with Crippen molar-refractivity contribution < 1.29 is 19.4 Å². The number of hydrogen-bond acceptors (Lipinski definition) is 10. The normalized spacial score (nSPS) is 10.5. The number of nitrogens with zero attached hydrogens (tertiary/aromatic N) is 6. The highest BCUT2D eigenvalue weighted by Crippen LogP contribution is 2.37. The molecule has 3 heterocycles. The van der Waals surface area contributed by atoms with E-state index >= 15 is 0 Å². The Morgan fingerprint density at radius 3 is 2.57 bits per heavy atom. The van der Waals surface area contributed by atoms with Gasteiger partial charge < -0.3 is 25.8 Å². The summed E-state index contributed by atoms with van der Waals surface area (Å²) in [5, 5.41) is 30.3. The van der Waals surface area contributed by atoms with Crippen molar-refractivity contribution in [2.24, 2.45) is 7.05 Å². The lowest BCUT2D eigenvalue weighted by Gasteiger charge is -2.16. The molecule has 0 radical (unpaired) electrons. The Bertz CT molecular complexity index is 1400. The summed E-state index contributed by atoms with van der Waals surface area (Å²) in [6.45, 7) is 0. The van der Waals surface area contributed by atoms with Crippen LogP contribution in [0.4, 0.5) is 23.0 Å². The Morgan fingerprint density at radius 2 is 1.89 bits per heavy atom. The molecule has 0 saturated carbocycles. The van der Waals surface area contributed by atoms with E-state index in [0.717, 1.165) is 0 Å². The van der Waals surface area contributed by atoms with Gasteiger partial charge in [-0.05, 0) is 24.3 Å². The number of carboxylic acids is 1. The van der Waals surface area contributed by atoms with Crippen LogP contribution in [0, 0.1) is 0 Å². The highest BCUT2D eigenvalue weighted by molar-refractivity contribution is 5.99. The van der Waals surface area contributed by atoms with Crippen molar-refractivity contribution >= 4 is 34.9 Å². The third-order valence-corrected chi connectivity index (χ3v) is 4.85. The number of anilines is 4. The van der Waals surface area contributed by atoms with Gasteiger partial charge in [0.05, 0.1) is 24.0 Å². The topological polar surface area (TPSA) is 169 Å². The highest BCUT2D eigenvalue weighted by atomic mass is 16.5. The highest BCUT2D eigenvalue weighted by Gasteiger charge is 2.20. The third kappa shape index (κ3) is 4.83. The number of carboxylic acid groups (broad SMARTS) is 1. The molecule has 1 aromatic carbocycles. The van der Waals surface area contributed by atoms with Crippen LogP contribution >= 0.6 is 0 Å². The molecule has 0 bridgehead atoms. The van der Waals surface area contributed by atoms with E-state index < -0.39 is 11.9 Å². The second-order valence-electron chi connectivity index (χ2n) is 7.15. The third-order valence-electron chi connectivity index (χ3n) is 4.85. The number of methoxy groups -OCH3 is 1. The van der Waals surface area contributed by atoms with Gasteiger partial charge in [0, 0.05) is 26.4 Å². The summed E-state index contributed by atoms with van der Waals surface area (Å²) in [7, 11) is 4.75. The van der Waals surface area contributed by atoms with Crippen LogP contribution in [0.3, 0.4) is 0 Å². The van der Waals surface area contributed by atoms with Crippen molar-refractivity contribution in [3.8, 4) is 17.1 Å². The first-order valence-electron chi connectivity index (χ1n) is 10.3. The van der Waals surface area contributed by atoms with E-state index in [2.05, 4.69) is 41.2 Å². The molecule has 0 aliphatic heterocycles. The van der Waals surface area contributed by atoms with E-state index in [0.29, 0.717) is 28.5 Å². The molecule has 3 aromatic heterocycles. The maximum absolute atomic E-state index is 12.5. The smallest absolute Gasteiger partial charge is 0.339 e. The van der Waals surface area contributed by atoms with Crippen molar-refractivity contribution in [2.45, 2.75) is 0 Å². The summed E-state index contributed by atoms with van der Waals surface area (Å²) in [5.41, 5.74) is 1.42. The molecule has 4 N–H and O–H groups in total. The van der Waals surface area contributed by atoms with Gasteiger partial charge in [0.25, 0.3) is 5.91 Å². The molecule has 35 heavy (non-hydrogen) atoms. The van der Waals surface area contributed by atoms with E-state index in [9.17, 15) is 14.7 Å². The summed E-state index contributed by atoms with van der Waals surface area (Å²) in [5.74, 6) is -0.468. The number of aromatic nitrogens is 6. The van der Waals surface area contributed by atoms with Crippen LogP contribution in [0.15, 0.2) is 48.9 Å². The SMILES string of the molecule is CNC(=O)c1nnc(Nc2ncccc2C(=O)O)cc1Nc1cccc(-c2ncn(C)n2)c1OC. The van der Waals surface area contributed by atoms with E-state index in [4.69, 9.17) is 4.74 Å². The monoisotopic (exact) mass is 475 g/mol. The van der Waals surface area contributed by atoms with Crippen LogP contribution in [-0.4, -0.2) is 61.1 Å². The molecule has 0 spiro atoms. The minimum Gasteiger partial charge on any atom is -0.494 e. The second-order valence-corrected chi connectivity index (χ2v) is 7.15. The molecule has 13 nitrogen and oxygen atoms in total. The molecule has 0 atom stereocenters. The van der Waals surface area contributed by atoms with Gasteiger partial charge in [-0.25, -0.2) is 14.8 Å². The number of hydrogen-bond donors (Lipinski definition) is 4. The fourth-order valence-electron chi connectivity index (χ4n) is 3.27. The predicted octanol–water partition coefficient (Wildman–Crippen LogP) is 2.22. The second kappa shape index (κ2) is 9.82. The lowest BCUT2D eigenvalue weighted by molar-refractivity contribution is 0.0697. The maximum atomic E-state index is 12.5. The van der Waals surface area contributed by atoms with Crippen molar-refractivity contribution in [3.05, 3.63) is 60.2 Å². The molecular formula is C22H21N9O4. The molecule has 13 heteroatoms. The minimum absolute atomic E-state index is 0.0148. The van der Waals surface area contributed by atoms with Crippen molar-refractivity contribution in [2.75, 3.05) is 24.8 Å². The molecule has 0 unspecified atom stereocenters. The van der Waals surface area contributed by atoms with Crippen LogP contribution in [-0.2, 0) is 7.05 Å². The van der Waals surface area contributed by atoms with E-state index in [-0.39, 0.29) is 22.9 Å². The first-order chi connectivity index (χ1) is 16.9. The quantitative estimate of drug-likeness (QED) is 0.295. The van der Waals surface area contributed by atoms with Crippen molar-refractivity contribution in [1.82, 2.24) is 35.3 Å². The lowest BCUT2D eigenvalue weighted by atomic mass is 10.1. The molecule has 0 fully saturated rings. The fraction of sp³-hybridized carbons (Fsp3) is 0.136. The lowest BCUT2D eigenvalue weighted by Crippen LogP contribution is -2.21. The molecule has 178 valence electrons. The summed E-state index contributed by atoms with van der Waals surface area (Å²) >= 11 is 0. The Balaban J connectivity index is 1.75. The predicted molar refractivity (Wildman–Crippen MR) is 126 cm³/mol. The van der Waals surface area contributed by atoms with Crippen molar-refractivity contribution in [1.29, 1.82) is 0 Å². The number of ether oxygens (including phenoxy) is 1. The van der Waals surface area contributed by atoms with Crippen LogP contribution in [0.25, 0.3) is 11.4 Å². The standard InChI is InChI=1S/C22H21N9O4/c1-23-21(32)17-15(10-16(28-29-17)27-19-13(22(33)34)7-5-9-24-19)26-14-8-4-6-12(18(14)35-3)20-25-11-31(2)30-20/h4-11H,1-3H3,(H,23,32)(H,33,34)(H2,24,26,27,28). The maximum Gasteiger partial charge on any atom is 0.339 e. The number of aromatic carboxylic acids is 1. The average molecular weight is 475 g/mol. The molecule has 0 aliphatic rings. The summed E-state index contributed by atoms with van der Waals surface area (Å²) in [4.78, 5) is 32.3. The summed E-state index contributed by atoms with van der Waals surface area (Å²) in [6, 6.07) is 9.79. The van der Waals surface area contributed by atoms with Crippen LogP contribution in [0.5, 0.6) is 5.75 Å². The Morgan fingerprint density at radius 1 is 1.06 bits per heavy atom. The molecule has 4 rings (SSSR count). The van der Waals surface area contributed by atoms with Gasteiger partial charge in [-0.2, -0.15) is 5.10 Å². The Hall–Kier alpha value is -5.07. The number of aryl methyl sites for hydroxylation is 1. The van der Waals surface area contributed by atoms with Gasteiger partial charge in [0.1, 0.15) is 17.7 Å². The van der Waals surface area contributed by atoms with Gasteiger partial charge in [0.15, 0.2) is 23.1 Å². The molecular weight excluding hydrogens is 454 g/mol. The van der Waals surface area contributed by atoms with Gasteiger partial charge in [-0.1, -0.05) is 6.07 Å². The van der Waals surface area contributed by atoms with Crippen LogP contribution in [0.1, 0.15) is 20.8 Å². The summed E-state index contributed by atoms with van der Waals surface area (Å²) in [6.07, 6.45) is 3.02. The molecule has 0 saturated heterocycles. The number of carbonyl (C=O) groups is 2. The summed E-state index contributed by atoms with van der Waals surface area (Å²) < 4.78 is 7.20. The fourth-order valence-corrected chi connectivity index (χ4v) is 3.27. The number of amides is 1. The zero-order chi connectivity index (χ0) is 24.9. The molecule has 4 aromatic rings. The zero-order valence-electron chi connectivity index (χ0n) is 19.0. The van der Waals surface area contributed by atoms with E-state index in [1.54, 1.807) is 30.2 Å². The average Bonchev–Trinajstić information content (AvgIpc) is 3.30. The van der Waals surface area contributed by atoms with Crippen molar-refractivity contribution in [3.63, 3.8) is 0 Å². The zero-order valence-corrected chi connectivity index (χ0v) is 19.0. The van der Waals surface area contributed by atoms with Gasteiger partial charge in [-0.15, -0.1) is 10.2 Å². The first kappa shape index (κ1) is 23.1. The van der Waals surface area contributed by atoms with Crippen LogP contribution < -0.4 is 20.7 Å². The van der Waals surface area contributed by atoms with E-state index in [1.807, 2.05) is 6.07 Å². The number of nitrogens with one attached hydrogen (secondary N) is 3. The molecule has 0 aliphatic carbocycles. The number of benzene rings is 1. The number of rotatable bonds is 8. The Kier molecular flexibility index (Phi) is 6.48. The number of para-hydroxylation sites is 1. The largest absolute Gasteiger partial charge is 0.494 e. The Labute approximate surface area is 199 Å². The first-order valence-corrected chi connectivity index (χ1v) is 10.3. The number of pyridine rings is 1. The van der Waals surface area contributed by atoms with E-state index in [1.165, 1.54) is 38.6 Å². The van der Waals surface area contributed by atoms with Gasteiger partial charge >= 0.3 is 5.97 Å².